The molecule has 2 N–H and O–H groups in total. The summed E-state index contributed by atoms with van der Waals surface area (Å²) in [4.78, 5) is 0. The molecule has 0 aromatic carbocycles. The van der Waals surface area contributed by atoms with Gasteiger partial charge in [0, 0.05) is 99.0 Å². The summed E-state index contributed by atoms with van der Waals surface area (Å²) in [5, 5.41) is 19.4. The molecule has 2 radical (unpaired) electrons. The Bertz CT molecular complexity index is 219. The van der Waals surface area contributed by atoms with Gasteiger partial charge in [-0.15, -0.1) is 0 Å². The van der Waals surface area contributed by atoms with E-state index in [0.717, 1.165) is 0 Å². The fourth-order valence-electron chi connectivity index (χ4n) is 2.23. The molecule has 3 unspecified atom stereocenters. The largest absolute Gasteiger partial charge is 0.394 e. The molecule has 0 aliphatic carbocycles. The molecule has 0 spiro atoms. The Hall–Kier alpha value is 2.76. The van der Waals surface area contributed by atoms with Crippen LogP contribution in [0.2, 0.25) is 0 Å². The van der Waals surface area contributed by atoms with Crippen LogP contribution in [0.1, 0.15) is 34.6 Å². The van der Waals surface area contributed by atoms with Crippen LogP contribution in [-0.2, 0) is 4.74 Å². The fourth-order valence-corrected chi connectivity index (χ4v) is 2.23. The number of aliphatic hydroxyl groups is 2. The van der Waals surface area contributed by atoms with Gasteiger partial charge in [0.1, 0.15) is 0 Å². The summed E-state index contributed by atoms with van der Waals surface area (Å²) >= 11 is 0. The predicted molar refractivity (Wildman–Crippen MR) is 55.0 cm³/mol. The van der Waals surface area contributed by atoms with Gasteiger partial charge in [-0.05, 0) is 6.92 Å². The second kappa shape index (κ2) is 7.52. The molecule has 16 heavy (non-hydrogen) atoms. The van der Waals surface area contributed by atoms with Crippen molar-refractivity contribution in [1.29, 1.82) is 0 Å². The van der Waals surface area contributed by atoms with E-state index in [9.17, 15) is 10.2 Å². The molecule has 1 saturated heterocycles. The summed E-state index contributed by atoms with van der Waals surface area (Å²) < 4.78 is 5.73. The Labute approximate surface area is 170 Å². The Morgan fingerprint density at radius 3 is 1.88 bits per heavy atom. The molecule has 1 rings (SSSR count). The first-order valence-corrected chi connectivity index (χ1v) is 5.19. The minimum atomic E-state index is -0.462. The van der Waals surface area contributed by atoms with E-state index in [0.29, 0.717) is 0 Å². The third-order valence-corrected chi connectivity index (χ3v) is 3.82. The first-order chi connectivity index (χ1) is 6.24. The van der Waals surface area contributed by atoms with Crippen molar-refractivity contribution in [3.8, 4) is 0 Å². The zero-order valence-corrected chi connectivity index (χ0v) is 20.4. The van der Waals surface area contributed by atoms with Crippen LogP contribution in [-0.4, -0.2) is 35.1 Å². The van der Waals surface area contributed by atoms with E-state index in [1.54, 1.807) is 0 Å². The molecule has 1 aliphatic heterocycles. The van der Waals surface area contributed by atoms with Crippen molar-refractivity contribution in [3.63, 3.8) is 0 Å². The van der Waals surface area contributed by atoms with Crippen LogP contribution in [0.3, 0.4) is 0 Å². The smallest absolute Gasteiger partial charge is 0.0885 e. The van der Waals surface area contributed by atoms with Crippen molar-refractivity contribution in [1.82, 2.24) is 0 Å². The normalized spacial score (nSPS) is 35.8. The van der Waals surface area contributed by atoms with Crippen molar-refractivity contribution in [2.45, 2.75) is 52.9 Å². The van der Waals surface area contributed by atoms with E-state index in [2.05, 4.69) is 0 Å². The van der Waals surface area contributed by atoms with Crippen molar-refractivity contribution in [2.24, 2.45) is 10.8 Å². The Morgan fingerprint density at radius 1 is 1.06 bits per heavy atom. The summed E-state index contributed by atoms with van der Waals surface area (Å²) in [6.45, 7) is 9.78. The van der Waals surface area contributed by atoms with Crippen molar-refractivity contribution in [3.05, 3.63) is 0 Å². The van der Waals surface area contributed by atoms with E-state index < -0.39 is 11.5 Å². The third-order valence-electron chi connectivity index (χ3n) is 3.82. The monoisotopic (exact) mass is 656 g/mol. The Kier molecular flexibility index (Phi) is 9.90. The van der Waals surface area contributed by atoms with Gasteiger partial charge in [0.05, 0.1) is 24.9 Å². The van der Waals surface area contributed by atoms with E-state index in [1.807, 2.05) is 34.6 Å². The SMILES string of the molecule is CC1OC(CO)C(C)(C)C(O)C1(C)C.[Ac].[Ac]. The van der Waals surface area contributed by atoms with E-state index in [4.69, 9.17) is 4.74 Å². The van der Waals surface area contributed by atoms with Gasteiger partial charge < -0.3 is 14.9 Å². The number of aliphatic hydroxyl groups excluding tert-OH is 2. The molecule has 0 bridgehead atoms. The summed E-state index contributed by atoms with van der Waals surface area (Å²) in [6, 6.07) is 0. The summed E-state index contributed by atoms with van der Waals surface area (Å²) in [5.41, 5.74) is -0.667. The standard InChI is InChI=1S/C11H22O3.2Ac/c1-7-10(2,3)9(13)11(4,5)8(6-12)14-7;;/h7-9,12-13H,6H2,1-5H3;;. The number of ether oxygens (including phenoxy) is 1. The molecular weight excluding hydrogens is 634 g/mol. The first-order valence-electron chi connectivity index (χ1n) is 5.19. The average molecular weight is 656 g/mol. The first kappa shape index (κ1) is 21.1. The molecule has 90 valence electrons. The maximum absolute atomic E-state index is 10.2. The van der Waals surface area contributed by atoms with Gasteiger partial charge in [-0.2, -0.15) is 0 Å². The van der Waals surface area contributed by atoms with Gasteiger partial charge in [0.2, 0.25) is 0 Å². The molecule has 1 fully saturated rings. The van der Waals surface area contributed by atoms with E-state index in [1.165, 1.54) is 0 Å². The van der Waals surface area contributed by atoms with Gasteiger partial charge in [0.15, 0.2) is 0 Å². The summed E-state index contributed by atoms with van der Waals surface area (Å²) in [5.74, 6) is 0. The molecule has 3 atom stereocenters. The van der Waals surface area contributed by atoms with Gasteiger partial charge >= 0.3 is 0 Å². The Morgan fingerprint density at radius 2 is 1.50 bits per heavy atom. The molecule has 5 heteroatoms. The molecular formula is C11H22Ac2O3. The maximum Gasteiger partial charge on any atom is 0.0885 e. The van der Waals surface area contributed by atoms with Crippen LogP contribution >= 0.6 is 0 Å². The van der Waals surface area contributed by atoms with Gasteiger partial charge in [-0.1, -0.05) is 27.7 Å². The van der Waals surface area contributed by atoms with Crippen LogP contribution < -0.4 is 0 Å². The molecule has 1 heterocycles. The second-order valence-electron chi connectivity index (χ2n) is 5.49. The van der Waals surface area contributed by atoms with Crippen LogP contribution in [0.15, 0.2) is 0 Å². The molecule has 0 aromatic heterocycles. The molecule has 0 aromatic rings. The number of hydrogen-bond donors (Lipinski definition) is 2. The minimum absolute atomic E-state index is 0. The summed E-state index contributed by atoms with van der Waals surface area (Å²) in [7, 11) is 0. The predicted octanol–water partition coefficient (Wildman–Crippen LogP) is 1.18. The number of rotatable bonds is 1. The van der Waals surface area contributed by atoms with Crippen LogP contribution in [0.5, 0.6) is 0 Å². The van der Waals surface area contributed by atoms with Crippen molar-refractivity contribution in [2.75, 3.05) is 6.61 Å². The van der Waals surface area contributed by atoms with Crippen molar-refractivity contribution >= 4 is 0 Å². The molecule has 1 aliphatic rings. The second-order valence-corrected chi connectivity index (χ2v) is 5.49. The fraction of sp³-hybridized carbons (Fsp3) is 1.00. The third kappa shape index (κ3) is 3.88. The van der Waals surface area contributed by atoms with E-state index >= 15 is 0 Å². The number of hydrogen-bond acceptors (Lipinski definition) is 3. The van der Waals surface area contributed by atoms with Crippen LogP contribution in [0.4, 0.5) is 0 Å². The molecule has 0 saturated carbocycles. The Balaban J connectivity index is 0. The average Bonchev–Trinajstić information content (AvgIpc) is 2.09. The molecule has 0 amide bonds. The van der Waals surface area contributed by atoms with E-state index in [-0.39, 0.29) is 112 Å². The van der Waals surface area contributed by atoms with Crippen LogP contribution in [0.25, 0.3) is 0 Å². The van der Waals surface area contributed by atoms with Gasteiger partial charge in [-0.3, -0.25) is 0 Å². The topological polar surface area (TPSA) is 49.7 Å². The quantitative estimate of drug-likeness (QED) is 0.447. The zero-order valence-electron chi connectivity index (χ0n) is 10.9. The van der Waals surface area contributed by atoms with Crippen LogP contribution in [0, 0.1) is 99.0 Å². The maximum atomic E-state index is 10.2. The zero-order chi connectivity index (χ0) is 11.1. The minimum Gasteiger partial charge on any atom is -0.394 e. The van der Waals surface area contributed by atoms with Gasteiger partial charge in [0.25, 0.3) is 0 Å². The van der Waals surface area contributed by atoms with Gasteiger partial charge in [-0.25, -0.2) is 0 Å². The molecule has 3 nitrogen and oxygen atoms in total. The van der Waals surface area contributed by atoms with Crippen molar-refractivity contribution < 1.29 is 103 Å². The summed E-state index contributed by atoms with van der Waals surface area (Å²) in [6.07, 6.45) is -0.779.